The van der Waals surface area contributed by atoms with Crippen LogP contribution < -0.4 is 10.6 Å². The minimum atomic E-state index is 0.217. The minimum Gasteiger partial charge on any atom is -0.382 e. The van der Waals surface area contributed by atoms with E-state index in [1.54, 1.807) is 24.7 Å². The molecule has 0 bridgehead atoms. The topological polar surface area (TPSA) is 80.8 Å². The van der Waals surface area contributed by atoms with Crippen LogP contribution in [0.15, 0.2) is 30.7 Å². The number of rotatable bonds is 2. The van der Waals surface area contributed by atoms with E-state index >= 15 is 0 Å². The molecule has 6 heteroatoms. The molecular weight excluding hydrogens is 228 g/mol. The molecule has 0 saturated carbocycles. The molecule has 1 atom stereocenters. The first-order valence-corrected chi connectivity index (χ1v) is 5.96. The summed E-state index contributed by atoms with van der Waals surface area (Å²) in [5.74, 6) is 1.33. The molecule has 0 aliphatic carbocycles. The Bertz CT molecular complexity index is 512. The van der Waals surface area contributed by atoms with Crippen LogP contribution in [-0.2, 0) is 0 Å². The lowest BCUT2D eigenvalue weighted by Crippen LogP contribution is -2.24. The van der Waals surface area contributed by atoms with Crippen LogP contribution in [0.5, 0.6) is 0 Å². The lowest BCUT2D eigenvalue weighted by molar-refractivity contribution is 0.672. The molecule has 2 N–H and O–H groups in total. The number of nitrogen functional groups attached to an aromatic ring is 1. The van der Waals surface area contributed by atoms with E-state index in [1.807, 2.05) is 6.07 Å². The predicted octanol–water partition coefficient (Wildman–Crippen LogP) is 1.19. The van der Waals surface area contributed by atoms with Gasteiger partial charge in [-0.2, -0.15) is 5.10 Å². The van der Waals surface area contributed by atoms with Gasteiger partial charge in [-0.3, -0.25) is 4.98 Å². The first kappa shape index (κ1) is 10.9. The van der Waals surface area contributed by atoms with Crippen molar-refractivity contribution in [1.82, 2.24) is 20.2 Å². The minimum absolute atomic E-state index is 0.217. The van der Waals surface area contributed by atoms with Crippen molar-refractivity contribution in [3.8, 4) is 0 Å². The molecule has 0 amide bonds. The van der Waals surface area contributed by atoms with E-state index in [1.165, 1.54) is 0 Å². The highest BCUT2D eigenvalue weighted by molar-refractivity contribution is 5.41. The summed E-state index contributed by atoms with van der Waals surface area (Å²) >= 11 is 0. The zero-order valence-electron chi connectivity index (χ0n) is 9.90. The Hall–Kier alpha value is -2.24. The van der Waals surface area contributed by atoms with E-state index in [-0.39, 0.29) is 6.04 Å². The second-order valence-electron chi connectivity index (χ2n) is 4.30. The van der Waals surface area contributed by atoms with E-state index in [9.17, 15) is 0 Å². The normalized spacial score (nSPS) is 19.1. The molecule has 92 valence electrons. The maximum absolute atomic E-state index is 5.56. The molecule has 0 spiro atoms. The standard InChI is InChI=1S/C12H14N6/c13-11-4-3-9(16-17-11)10-2-1-7-18(10)12-8-14-5-6-15-12/h3-6,8,10H,1-2,7H2,(H2,13,17). The van der Waals surface area contributed by atoms with Crippen LogP contribution in [0.1, 0.15) is 24.6 Å². The highest BCUT2D eigenvalue weighted by atomic mass is 15.3. The number of hydrogen-bond donors (Lipinski definition) is 1. The van der Waals surface area contributed by atoms with Crippen LogP contribution in [0.4, 0.5) is 11.6 Å². The fourth-order valence-electron chi connectivity index (χ4n) is 2.32. The molecule has 0 aromatic carbocycles. The summed E-state index contributed by atoms with van der Waals surface area (Å²) in [4.78, 5) is 10.7. The molecule has 1 unspecified atom stereocenters. The Kier molecular flexibility index (Phi) is 2.76. The quantitative estimate of drug-likeness (QED) is 0.852. The van der Waals surface area contributed by atoms with Crippen LogP contribution >= 0.6 is 0 Å². The first-order chi connectivity index (χ1) is 8.84. The summed E-state index contributed by atoms with van der Waals surface area (Å²) in [7, 11) is 0. The van der Waals surface area contributed by atoms with E-state index in [4.69, 9.17) is 5.73 Å². The first-order valence-electron chi connectivity index (χ1n) is 5.96. The summed E-state index contributed by atoms with van der Waals surface area (Å²) in [6.45, 7) is 0.968. The van der Waals surface area contributed by atoms with Crippen LogP contribution in [0.25, 0.3) is 0 Å². The second-order valence-corrected chi connectivity index (χ2v) is 4.30. The van der Waals surface area contributed by atoms with Crippen molar-refractivity contribution < 1.29 is 0 Å². The van der Waals surface area contributed by atoms with Crippen molar-refractivity contribution in [1.29, 1.82) is 0 Å². The third-order valence-electron chi connectivity index (χ3n) is 3.14. The molecule has 2 aromatic rings. The van der Waals surface area contributed by atoms with Crippen molar-refractivity contribution >= 4 is 11.6 Å². The van der Waals surface area contributed by atoms with Crippen molar-refractivity contribution in [2.24, 2.45) is 0 Å². The van der Waals surface area contributed by atoms with Gasteiger partial charge in [-0.1, -0.05) is 0 Å². The molecule has 1 aliphatic heterocycles. The number of anilines is 2. The van der Waals surface area contributed by atoms with Gasteiger partial charge in [0.1, 0.15) is 11.6 Å². The van der Waals surface area contributed by atoms with E-state index < -0.39 is 0 Å². The van der Waals surface area contributed by atoms with Gasteiger partial charge in [-0.05, 0) is 25.0 Å². The van der Waals surface area contributed by atoms with Crippen molar-refractivity contribution in [2.45, 2.75) is 18.9 Å². The fourth-order valence-corrected chi connectivity index (χ4v) is 2.32. The average Bonchev–Trinajstić information content (AvgIpc) is 2.90. The molecular formula is C12H14N6. The Morgan fingerprint density at radius 1 is 1.22 bits per heavy atom. The van der Waals surface area contributed by atoms with Crippen molar-refractivity contribution in [3.05, 3.63) is 36.4 Å². The van der Waals surface area contributed by atoms with Crippen LogP contribution in [0.3, 0.4) is 0 Å². The van der Waals surface area contributed by atoms with E-state index in [2.05, 4.69) is 25.1 Å². The summed E-state index contributed by atoms with van der Waals surface area (Å²) in [5.41, 5.74) is 6.50. The van der Waals surface area contributed by atoms with Crippen molar-refractivity contribution in [2.75, 3.05) is 17.2 Å². The zero-order chi connectivity index (χ0) is 12.4. The summed E-state index contributed by atoms with van der Waals surface area (Å²) in [6.07, 6.45) is 7.34. The Morgan fingerprint density at radius 2 is 2.17 bits per heavy atom. The van der Waals surface area contributed by atoms with Gasteiger partial charge in [-0.15, -0.1) is 5.10 Å². The molecule has 1 saturated heterocycles. The van der Waals surface area contributed by atoms with Gasteiger partial charge in [-0.25, -0.2) is 4.98 Å². The second kappa shape index (κ2) is 4.56. The summed E-state index contributed by atoms with van der Waals surface area (Å²) < 4.78 is 0. The Balaban J connectivity index is 1.90. The smallest absolute Gasteiger partial charge is 0.147 e. The molecule has 3 heterocycles. The maximum Gasteiger partial charge on any atom is 0.147 e. The average molecular weight is 242 g/mol. The lowest BCUT2D eigenvalue weighted by Gasteiger charge is -2.24. The Morgan fingerprint density at radius 3 is 2.89 bits per heavy atom. The lowest BCUT2D eigenvalue weighted by atomic mass is 10.1. The van der Waals surface area contributed by atoms with E-state index in [0.29, 0.717) is 5.82 Å². The molecule has 2 aromatic heterocycles. The molecule has 0 radical (unpaired) electrons. The molecule has 1 aliphatic rings. The van der Waals surface area contributed by atoms with Gasteiger partial charge in [0.2, 0.25) is 0 Å². The van der Waals surface area contributed by atoms with Gasteiger partial charge in [0.15, 0.2) is 0 Å². The maximum atomic E-state index is 5.56. The third kappa shape index (κ3) is 1.97. The number of aromatic nitrogens is 4. The van der Waals surface area contributed by atoms with Gasteiger partial charge < -0.3 is 10.6 Å². The van der Waals surface area contributed by atoms with Gasteiger partial charge in [0.05, 0.1) is 17.9 Å². The summed E-state index contributed by atoms with van der Waals surface area (Å²) in [6, 6.07) is 3.94. The highest BCUT2D eigenvalue weighted by Crippen LogP contribution is 2.33. The molecule has 18 heavy (non-hydrogen) atoms. The van der Waals surface area contributed by atoms with Gasteiger partial charge in [0, 0.05) is 18.9 Å². The zero-order valence-corrected chi connectivity index (χ0v) is 9.90. The highest BCUT2D eigenvalue weighted by Gasteiger charge is 2.28. The van der Waals surface area contributed by atoms with Crippen LogP contribution in [0, 0.1) is 0 Å². The molecule has 6 nitrogen and oxygen atoms in total. The summed E-state index contributed by atoms with van der Waals surface area (Å²) in [5, 5.41) is 8.09. The Labute approximate surface area is 105 Å². The number of nitrogens with two attached hydrogens (primary N) is 1. The molecule has 3 rings (SSSR count). The monoisotopic (exact) mass is 242 g/mol. The van der Waals surface area contributed by atoms with Crippen LogP contribution in [0.2, 0.25) is 0 Å². The fraction of sp³-hybridized carbons (Fsp3) is 0.333. The third-order valence-corrected chi connectivity index (χ3v) is 3.14. The largest absolute Gasteiger partial charge is 0.382 e. The van der Waals surface area contributed by atoms with Crippen LogP contribution in [-0.4, -0.2) is 26.7 Å². The number of nitrogens with zero attached hydrogens (tertiary/aromatic N) is 5. The van der Waals surface area contributed by atoms with Gasteiger partial charge in [0.25, 0.3) is 0 Å². The van der Waals surface area contributed by atoms with E-state index in [0.717, 1.165) is 30.9 Å². The van der Waals surface area contributed by atoms with Crippen molar-refractivity contribution in [3.63, 3.8) is 0 Å². The number of hydrogen-bond acceptors (Lipinski definition) is 6. The molecule has 1 fully saturated rings. The SMILES string of the molecule is Nc1ccc(C2CCCN2c2cnccn2)nn1. The predicted molar refractivity (Wildman–Crippen MR) is 67.8 cm³/mol. The van der Waals surface area contributed by atoms with Gasteiger partial charge >= 0.3 is 0 Å².